The van der Waals surface area contributed by atoms with Crippen LogP contribution in [0.2, 0.25) is 0 Å². The van der Waals surface area contributed by atoms with Crippen molar-refractivity contribution < 1.29 is 14.4 Å². The van der Waals surface area contributed by atoms with Crippen molar-refractivity contribution in [3.8, 4) is 0 Å². The Morgan fingerprint density at radius 2 is 2.03 bits per heavy atom. The molecule has 2 aromatic carbocycles. The fourth-order valence-corrected chi connectivity index (χ4v) is 3.41. The molecule has 8 nitrogen and oxygen atoms in total. The van der Waals surface area contributed by atoms with Crippen LogP contribution < -0.4 is 10.6 Å². The average Bonchev–Trinajstić information content (AvgIpc) is 3.13. The zero-order valence-corrected chi connectivity index (χ0v) is 16.7. The quantitative estimate of drug-likeness (QED) is 0.418. The molecule has 2 aromatic rings. The zero-order chi connectivity index (χ0) is 20.9. The minimum absolute atomic E-state index is 0.0182. The van der Waals surface area contributed by atoms with Crippen LogP contribution in [0.3, 0.4) is 0 Å². The Labute approximate surface area is 174 Å². The lowest BCUT2D eigenvalue weighted by atomic mass is 9.99. The van der Waals surface area contributed by atoms with Crippen LogP contribution in [0.25, 0.3) is 0 Å². The molecule has 0 radical (unpaired) electrons. The van der Waals surface area contributed by atoms with E-state index in [4.69, 9.17) is 4.84 Å². The minimum Gasteiger partial charge on any atom is -0.395 e. The summed E-state index contributed by atoms with van der Waals surface area (Å²) in [7, 11) is 1.62. The van der Waals surface area contributed by atoms with Gasteiger partial charge in [-0.15, -0.1) is 0 Å². The molecule has 0 bridgehead atoms. The number of nitrogens with one attached hydrogen (secondary N) is 2. The molecule has 0 atom stereocenters. The van der Waals surface area contributed by atoms with E-state index in [0.717, 1.165) is 22.4 Å². The van der Waals surface area contributed by atoms with Crippen molar-refractivity contribution in [3.05, 3.63) is 65.2 Å². The van der Waals surface area contributed by atoms with Gasteiger partial charge in [0.25, 0.3) is 0 Å². The Bertz CT molecular complexity index is 1020. The number of carbonyl (C=O) groups is 2. The smallest absolute Gasteiger partial charge is 0.246 e. The second-order valence-corrected chi connectivity index (χ2v) is 7.10. The SMILES string of the molecule is CNC(=O)CCCON=C(c1ccccc1)c1ccc2c(c1)CN1CC(=O)NC1=N2. The van der Waals surface area contributed by atoms with Gasteiger partial charge in [0.2, 0.25) is 17.8 Å². The maximum atomic E-state index is 11.7. The summed E-state index contributed by atoms with van der Waals surface area (Å²) >= 11 is 0. The number of hydrogen-bond acceptors (Lipinski definition) is 6. The van der Waals surface area contributed by atoms with Crippen LogP contribution in [0.15, 0.2) is 58.7 Å². The summed E-state index contributed by atoms with van der Waals surface area (Å²) in [5, 5.41) is 9.75. The van der Waals surface area contributed by atoms with Crippen LogP contribution in [0.5, 0.6) is 0 Å². The molecular weight excluding hydrogens is 382 g/mol. The number of guanidine groups is 1. The number of hydrogen-bond donors (Lipinski definition) is 2. The fourth-order valence-electron chi connectivity index (χ4n) is 3.41. The number of oxime groups is 1. The fraction of sp³-hybridized carbons (Fsp3) is 0.273. The van der Waals surface area contributed by atoms with E-state index in [2.05, 4.69) is 20.8 Å². The minimum atomic E-state index is -0.0431. The molecule has 0 spiro atoms. The van der Waals surface area contributed by atoms with Gasteiger partial charge in [-0.2, -0.15) is 0 Å². The Morgan fingerprint density at radius 3 is 2.83 bits per heavy atom. The van der Waals surface area contributed by atoms with Crippen LogP contribution >= 0.6 is 0 Å². The third kappa shape index (κ3) is 4.32. The largest absolute Gasteiger partial charge is 0.395 e. The molecule has 0 saturated carbocycles. The van der Waals surface area contributed by atoms with Crippen molar-refractivity contribution in [2.45, 2.75) is 19.4 Å². The molecule has 2 aliphatic rings. The van der Waals surface area contributed by atoms with E-state index >= 15 is 0 Å². The first-order chi connectivity index (χ1) is 14.6. The third-order valence-electron chi connectivity index (χ3n) is 4.95. The molecule has 30 heavy (non-hydrogen) atoms. The molecule has 2 aliphatic heterocycles. The van der Waals surface area contributed by atoms with E-state index in [1.54, 1.807) is 7.05 Å². The van der Waals surface area contributed by atoms with Crippen molar-refractivity contribution >= 4 is 29.2 Å². The van der Waals surface area contributed by atoms with Crippen LogP contribution in [0.4, 0.5) is 5.69 Å². The molecule has 2 amide bonds. The van der Waals surface area contributed by atoms with Crippen LogP contribution in [-0.2, 0) is 21.0 Å². The molecule has 154 valence electrons. The lowest BCUT2D eigenvalue weighted by Crippen LogP contribution is -2.32. The Balaban J connectivity index is 1.56. The molecule has 8 heteroatoms. The van der Waals surface area contributed by atoms with Gasteiger partial charge in [-0.05, 0) is 24.1 Å². The highest BCUT2D eigenvalue weighted by Crippen LogP contribution is 2.29. The molecular formula is C22H23N5O3. The van der Waals surface area contributed by atoms with Crippen molar-refractivity contribution in [2.75, 3.05) is 20.2 Å². The van der Waals surface area contributed by atoms with Gasteiger partial charge >= 0.3 is 0 Å². The summed E-state index contributed by atoms with van der Waals surface area (Å²) in [5.41, 5.74) is 4.41. The number of rotatable bonds is 7. The van der Waals surface area contributed by atoms with Gasteiger partial charge in [0.05, 0.1) is 5.69 Å². The Morgan fingerprint density at radius 1 is 1.20 bits per heavy atom. The molecule has 1 saturated heterocycles. The first kappa shape index (κ1) is 19.6. The van der Waals surface area contributed by atoms with E-state index < -0.39 is 0 Å². The van der Waals surface area contributed by atoms with Crippen LogP contribution in [0, 0.1) is 0 Å². The van der Waals surface area contributed by atoms with Crippen molar-refractivity contribution in [2.24, 2.45) is 10.1 Å². The van der Waals surface area contributed by atoms with Gasteiger partial charge in [-0.1, -0.05) is 41.6 Å². The number of nitrogens with zero attached hydrogens (tertiary/aromatic N) is 3. The zero-order valence-electron chi connectivity index (χ0n) is 16.7. The van der Waals surface area contributed by atoms with Crippen molar-refractivity contribution in [1.29, 1.82) is 0 Å². The van der Waals surface area contributed by atoms with E-state index in [-0.39, 0.29) is 11.8 Å². The first-order valence-corrected chi connectivity index (χ1v) is 9.87. The Kier molecular flexibility index (Phi) is 5.74. The summed E-state index contributed by atoms with van der Waals surface area (Å²) in [5.74, 6) is 0.547. The van der Waals surface area contributed by atoms with Gasteiger partial charge < -0.3 is 15.1 Å². The van der Waals surface area contributed by atoms with E-state index in [1.807, 2.05) is 53.4 Å². The standard InChI is InChI=1S/C22H23N5O3/c1-23-19(28)8-5-11-30-26-21(15-6-3-2-4-7-15)16-9-10-18-17(12-16)13-27-14-20(29)25-22(27)24-18/h2-4,6-7,9-10,12H,5,8,11,13-14H2,1H3,(H,23,28)(H,24,25,29). The van der Waals surface area contributed by atoms with Gasteiger partial charge in [-0.3, -0.25) is 14.9 Å². The molecule has 1 fully saturated rings. The summed E-state index contributed by atoms with van der Waals surface area (Å²) in [6, 6.07) is 15.7. The highest BCUT2D eigenvalue weighted by atomic mass is 16.6. The van der Waals surface area contributed by atoms with Crippen molar-refractivity contribution in [1.82, 2.24) is 15.5 Å². The van der Waals surface area contributed by atoms with Crippen molar-refractivity contribution in [3.63, 3.8) is 0 Å². The maximum Gasteiger partial charge on any atom is 0.246 e. The maximum absolute atomic E-state index is 11.7. The second-order valence-electron chi connectivity index (χ2n) is 7.10. The number of amides is 2. The van der Waals surface area contributed by atoms with E-state index in [9.17, 15) is 9.59 Å². The van der Waals surface area contributed by atoms with Gasteiger partial charge in [0.15, 0.2) is 0 Å². The highest BCUT2D eigenvalue weighted by molar-refractivity contribution is 6.13. The molecule has 0 aromatic heterocycles. The van der Waals surface area contributed by atoms with Gasteiger partial charge in [0.1, 0.15) is 18.9 Å². The monoisotopic (exact) mass is 405 g/mol. The first-order valence-electron chi connectivity index (χ1n) is 9.87. The van der Waals surface area contributed by atoms with E-state index in [0.29, 0.717) is 44.2 Å². The number of carbonyl (C=O) groups excluding carboxylic acids is 2. The molecule has 2 N–H and O–H groups in total. The normalized spacial score (nSPS) is 15.1. The average molecular weight is 405 g/mol. The molecule has 0 unspecified atom stereocenters. The number of aliphatic imine (C=N–C) groups is 1. The summed E-state index contributed by atoms with van der Waals surface area (Å²) in [6.07, 6.45) is 0.984. The topological polar surface area (TPSA) is 95.4 Å². The van der Waals surface area contributed by atoms with E-state index in [1.165, 1.54) is 0 Å². The predicted molar refractivity (Wildman–Crippen MR) is 113 cm³/mol. The summed E-state index contributed by atoms with van der Waals surface area (Å²) in [6.45, 7) is 1.27. The van der Waals surface area contributed by atoms with Crippen LogP contribution in [0.1, 0.15) is 29.5 Å². The number of benzene rings is 2. The molecule has 2 heterocycles. The third-order valence-corrected chi connectivity index (χ3v) is 4.95. The molecule has 4 rings (SSSR count). The second kappa shape index (κ2) is 8.77. The molecule has 0 aliphatic carbocycles. The number of fused-ring (bicyclic) bond motifs is 2. The lowest BCUT2D eigenvalue weighted by molar-refractivity contribution is -0.121. The summed E-state index contributed by atoms with van der Waals surface area (Å²) in [4.78, 5) is 35.0. The predicted octanol–water partition coefficient (Wildman–Crippen LogP) is 1.91. The van der Waals surface area contributed by atoms with Gasteiger partial charge in [-0.25, -0.2) is 4.99 Å². The van der Waals surface area contributed by atoms with Gasteiger partial charge in [0, 0.05) is 31.1 Å². The Hall–Kier alpha value is -3.68. The highest BCUT2D eigenvalue weighted by Gasteiger charge is 2.29. The van der Waals surface area contributed by atoms with Crippen LogP contribution in [-0.4, -0.2) is 48.6 Å². The summed E-state index contributed by atoms with van der Waals surface area (Å²) < 4.78 is 0. The lowest BCUT2D eigenvalue weighted by Gasteiger charge is -2.23.